The minimum absolute atomic E-state index is 0.000525. The smallest absolute Gasteiger partial charge is 0.478 e. The standard InChI is InChI=1S/C45H52N9O19P3S2/c1-5-47-33-19-35-31(16-25(33)3)41(32-17-26(4)34(48-6-2)20-36(32)70-35)30-18-27(9-10-29(30)44(58)59)42(56)50-13-15-78-77-14-11-39(55)49-12-7-8-28-22-54(45(60)52-43(28)57)40-21-37(68-24-51-53-46)38(71-40)23-69-75(64,65)73-76(66,67)72-74(61,62)63/h9-10,16-20,22,37-38,40,47H,5-6,11-15,21,23-24H2,1-4H3,(H,49,55)(H,50,56)(H,58,59)(H,64,65)(H,66,67)(H,52,57,60)(H2,61,62,63)/t37-,38+,40+/m0/s1. The van der Waals surface area contributed by atoms with Gasteiger partial charge in [0.25, 0.3) is 11.5 Å². The molecular formula is C45H52N9O19P3S2. The molecule has 9 N–H and O–H groups in total. The molecule has 3 aromatic rings. The Bertz CT molecular complexity index is 3520. The molecule has 6 rings (SSSR count). The molecule has 418 valence electrons. The van der Waals surface area contributed by atoms with Crippen LogP contribution in [0.3, 0.4) is 0 Å². The molecule has 78 heavy (non-hydrogen) atoms. The average Bonchev–Trinajstić information content (AvgIpc) is 3.88. The van der Waals surface area contributed by atoms with Gasteiger partial charge < -0.3 is 54.5 Å². The fourth-order valence-electron chi connectivity index (χ4n) is 7.82. The highest BCUT2D eigenvalue weighted by Crippen LogP contribution is 2.66. The molecule has 2 unspecified atom stereocenters. The van der Waals surface area contributed by atoms with E-state index in [9.17, 15) is 52.6 Å². The molecule has 3 aliphatic rings. The maximum Gasteiger partial charge on any atom is 0.490 e. The molecule has 33 heteroatoms. The number of aromatic amines is 1. The van der Waals surface area contributed by atoms with Gasteiger partial charge in [-0.15, -0.1) is 0 Å². The van der Waals surface area contributed by atoms with Crippen LogP contribution in [-0.2, 0) is 41.1 Å². The van der Waals surface area contributed by atoms with Gasteiger partial charge in [0.2, 0.25) is 5.91 Å². The molecule has 5 atom stereocenters. The molecule has 1 aliphatic carbocycles. The van der Waals surface area contributed by atoms with Crippen molar-refractivity contribution in [2.24, 2.45) is 10.1 Å². The van der Waals surface area contributed by atoms with Crippen LogP contribution >= 0.6 is 45.1 Å². The number of rotatable bonds is 25. The predicted molar refractivity (Wildman–Crippen MR) is 285 cm³/mol. The second kappa shape index (κ2) is 27.2. The third-order valence-electron chi connectivity index (χ3n) is 11.1. The van der Waals surface area contributed by atoms with Crippen LogP contribution in [0.1, 0.15) is 70.3 Å². The fourth-order valence-corrected chi connectivity index (χ4v) is 12.7. The van der Waals surface area contributed by atoms with Gasteiger partial charge in [0.15, 0.2) is 0 Å². The number of phosphoric acid groups is 3. The summed E-state index contributed by atoms with van der Waals surface area (Å²) in [5.74, 6) is 4.55. The Morgan fingerprint density at radius 2 is 1.73 bits per heavy atom. The van der Waals surface area contributed by atoms with Gasteiger partial charge in [0.1, 0.15) is 36.0 Å². The number of carboxylic acid groups (broad SMARTS) is 1. The van der Waals surface area contributed by atoms with E-state index in [1.807, 2.05) is 52.0 Å². The number of hydrogen-bond acceptors (Lipinski definition) is 19. The largest absolute Gasteiger partial charge is 0.490 e. The number of carbonyl (C=O) groups is 3. The van der Waals surface area contributed by atoms with E-state index < -0.39 is 78.4 Å². The summed E-state index contributed by atoms with van der Waals surface area (Å²) in [6, 6.07) is 12.1. The number of phosphoric ester groups is 1. The topological polar surface area (TPSA) is 415 Å². The van der Waals surface area contributed by atoms with Crippen molar-refractivity contribution in [2.45, 2.75) is 59.0 Å². The molecule has 0 radical (unpaired) electrons. The summed E-state index contributed by atoms with van der Waals surface area (Å²) >= 11 is 0. The molecule has 0 spiro atoms. The number of aromatic carboxylic acids is 1. The van der Waals surface area contributed by atoms with E-state index in [4.69, 9.17) is 29.2 Å². The highest BCUT2D eigenvalue weighted by molar-refractivity contribution is 8.76. The Labute approximate surface area is 450 Å². The van der Waals surface area contributed by atoms with Crippen LogP contribution in [0.2, 0.25) is 0 Å². The number of H-pyrrole nitrogens is 1. The van der Waals surface area contributed by atoms with Gasteiger partial charge in [-0.25, -0.2) is 23.3 Å². The van der Waals surface area contributed by atoms with E-state index in [0.717, 1.165) is 32.9 Å². The number of fused-ring (bicyclic) bond motifs is 2. The number of amides is 2. The van der Waals surface area contributed by atoms with Crippen LogP contribution in [0, 0.1) is 25.7 Å². The fraction of sp³-hybridized carbons (Fsp3) is 0.378. The predicted octanol–water partition coefficient (Wildman–Crippen LogP) is 5.68. The molecule has 2 aromatic carbocycles. The number of ether oxygens (including phenoxy) is 2. The Balaban J connectivity index is 1.01. The third-order valence-corrected chi connectivity index (χ3v) is 17.3. The number of azide groups is 1. The molecular weight excluding hydrogens is 1130 g/mol. The Hall–Kier alpha value is -6.08. The van der Waals surface area contributed by atoms with E-state index in [1.54, 1.807) is 6.07 Å². The van der Waals surface area contributed by atoms with Crippen molar-refractivity contribution in [2.75, 3.05) is 56.3 Å². The number of carboxylic acids is 1. The van der Waals surface area contributed by atoms with Crippen molar-refractivity contribution in [3.05, 3.63) is 113 Å². The zero-order valence-electron chi connectivity index (χ0n) is 41.8. The van der Waals surface area contributed by atoms with Crippen LogP contribution in [-0.4, -0.2) is 115 Å². The zero-order valence-corrected chi connectivity index (χ0v) is 46.1. The van der Waals surface area contributed by atoms with Crippen LogP contribution in [0.15, 0.2) is 72.8 Å². The summed E-state index contributed by atoms with van der Waals surface area (Å²) in [5.41, 5.74) is 11.5. The third kappa shape index (κ3) is 16.7. The number of hydrogen-bond donors (Lipinski definition) is 9. The van der Waals surface area contributed by atoms with Crippen molar-refractivity contribution in [3.63, 3.8) is 0 Å². The van der Waals surface area contributed by atoms with E-state index in [2.05, 4.69) is 60.9 Å². The average molecular weight is 1180 g/mol. The highest BCUT2D eigenvalue weighted by atomic mass is 33.1. The normalized spacial score (nSPS) is 17.1. The van der Waals surface area contributed by atoms with Crippen molar-refractivity contribution in [1.82, 2.24) is 20.2 Å². The molecule has 1 fully saturated rings. The SMILES string of the molecule is CCN=c1cc2oc3cc(NCC)c(C)cc3c(-c3cc(C(=O)NCCSSCCC(=O)NCC#Cc4cn([C@H]5C[C@H](OCN=[N+]=[N-])[C@@H](COP(=O)(O)OP(=O)(O)OP(=O)(O)O)O5)c(=O)[nH]c4=O)ccc3C(=O)O)c-2cc1C. The Kier molecular flexibility index (Phi) is 21.3. The molecule has 0 saturated carbocycles. The minimum Gasteiger partial charge on any atom is -0.478 e. The number of nitrogens with one attached hydrogen (secondary N) is 4. The Morgan fingerprint density at radius 1 is 0.974 bits per heavy atom. The molecule has 1 saturated heterocycles. The van der Waals surface area contributed by atoms with Gasteiger partial charge in [-0.3, -0.25) is 33.5 Å². The van der Waals surface area contributed by atoms with Gasteiger partial charge in [-0.2, -0.15) is 8.62 Å². The first-order valence-corrected chi connectivity index (χ1v) is 30.3. The van der Waals surface area contributed by atoms with Crippen molar-refractivity contribution in [1.29, 1.82) is 0 Å². The monoisotopic (exact) mass is 1180 g/mol. The van der Waals surface area contributed by atoms with E-state index in [1.165, 1.54) is 33.7 Å². The van der Waals surface area contributed by atoms with Crippen LogP contribution in [0.4, 0.5) is 5.69 Å². The number of benzene rings is 3. The molecule has 0 bridgehead atoms. The van der Waals surface area contributed by atoms with E-state index in [0.29, 0.717) is 58.0 Å². The lowest BCUT2D eigenvalue weighted by Crippen LogP contribution is -2.34. The van der Waals surface area contributed by atoms with Gasteiger partial charge in [0.05, 0.1) is 30.2 Å². The first-order valence-electron chi connectivity index (χ1n) is 23.3. The van der Waals surface area contributed by atoms with Crippen LogP contribution in [0.5, 0.6) is 0 Å². The summed E-state index contributed by atoms with van der Waals surface area (Å²) in [4.78, 5) is 110. The number of carbonyl (C=O) groups excluding carboxylic acids is 2. The van der Waals surface area contributed by atoms with Crippen molar-refractivity contribution < 1.29 is 79.8 Å². The minimum atomic E-state index is -5.84. The van der Waals surface area contributed by atoms with Crippen molar-refractivity contribution in [3.8, 4) is 34.3 Å². The molecule has 1 aromatic heterocycles. The van der Waals surface area contributed by atoms with Gasteiger partial charge in [0, 0.05) is 95.0 Å². The summed E-state index contributed by atoms with van der Waals surface area (Å²) in [5, 5.41) is 23.9. The van der Waals surface area contributed by atoms with Crippen LogP contribution in [0.25, 0.3) is 43.9 Å². The summed E-state index contributed by atoms with van der Waals surface area (Å²) in [6.07, 6.45) is -2.97. The summed E-state index contributed by atoms with van der Waals surface area (Å²) < 4.78 is 65.5. The first-order chi connectivity index (χ1) is 36.9. The molecule has 2 aliphatic heterocycles. The second-order valence-electron chi connectivity index (χ2n) is 16.6. The summed E-state index contributed by atoms with van der Waals surface area (Å²) in [6.45, 7) is 7.47. The second-order valence-corrected chi connectivity index (χ2v) is 23.7. The maximum atomic E-state index is 13.6. The highest BCUT2D eigenvalue weighted by Gasteiger charge is 2.44. The molecule has 28 nitrogen and oxygen atoms in total. The molecule has 3 heterocycles. The van der Waals surface area contributed by atoms with Crippen molar-refractivity contribution >= 4 is 79.5 Å². The maximum absolute atomic E-state index is 13.6. The lowest BCUT2D eigenvalue weighted by molar-refractivity contribution is -0.120. The number of anilines is 1. The van der Waals surface area contributed by atoms with Crippen LogP contribution < -0.4 is 32.6 Å². The zero-order chi connectivity index (χ0) is 57.0. The quantitative estimate of drug-likeness (QED) is 0.00496. The number of nitrogens with zero attached hydrogens (tertiary/aromatic N) is 5. The lowest BCUT2D eigenvalue weighted by Gasteiger charge is -2.20. The van der Waals surface area contributed by atoms with E-state index in [-0.39, 0.29) is 48.5 Å². The summed E-state index contributed by atoms with van der Waals surface area (Å²) in [7, 11) is -14.3. The number of aryl methyl sites for hydroxylation is 2. The van der Waals surface area contributed by atoms with Gasteiger partial charge >= 0.3 is 35.1 Å². The first kappa shape index (κ1) is 61.1. The number of aromatic nitrogens is 2. The molecule has 2 amide bonds. The van der Waals surface area contributed by atoms with Gasteiger partial charge in [-0.1, -0.05) is 38.5 Å². The van der Waals surface area contributed by atoms with E-state index >= 15 is 0 Å². The Morgan fingerprint density at radius 3 is 2.44 bits per heavy atom. The lowest BCUT2D eigenvalue weighted by atomic mass is 9.88. The van der Waals surface area contributed by atoms with Gasteiger partial charge in [-0.05, 0) is 80.2 Å².